The quantitative estimate of drug-likeness (QED) is 0.853. The average Bonchev–Trinajstić information content (AvgIpc) is 2.38. The topological polar surface area (TPSA) is 12.0 Å². The highest BCUT2D eigenvalue weighted by Gasteiger charge is 2.14. The average molecular weight is 336 g/mol. The monoisotopic (exact) mass is 335 g/mol. The number of nitrogens with one attached hydrogen (secondary N) is 1. The summed E-state index contributed by atoms with van der Waals surface area (Å²) in [6.07, 6.45) is 0.834. The Morgan fingerprint density at radius 1 is 1.10 bits per heavy atom. The highest BCUT2D eigenvalue weighted by atomic mass is 79.9. The van der Waals surface area contributed by atoms with Gasteiger partial charge < -0.3 is 5.32 Å². The Balaban J connectivity index is 2.31. The lowest BCUT2D eigenvalue weighted by atomic mass is 9.96. The molecule has 2 aromatic carbocycles. The van der Waals surface area contributed by atoms with Gasteiger partial charge in [0.15, 0.2) is 0 Å². The second kappa shape index (κ2) is 6.51. The lowest BCUT2D eigenvalue weighted by Crippen LogP contribution is -2.19. The van der Waals surface area contributed by atoms with Gasteiger partial charge in [-0.25, -0.2) is 4.39 Å². The van der Waals surface area contributed by atoms with Crippen LogP contribution in [0, 0.1) is 19.7 Å². The molecule has 3 heteroatoms. The summed E-state index contributed by atoms with van der Waals surface area (Å²) in [5.74, 6) is -0.205. The summed E-state index contributed by atoms with van der Waals surface area (Å²) < 4.78 is 14.4. The van der Waals surface area contributed by atoms with E-state index < -0.39 is 0 Å². The van der Waals surface area contributed by atoms with Gasteiger partial charge in [-0.2, -0.15) is 0 Å². The van der Waals surface area contributed by atoms with E-state index >= 15 is 0 Å². The van der Waals surface area contributed by atoms with Crippen molar-refractivity contribution in [3.05, 3.63) is 68.9 Å². The van der Waals surface area contributed by atoms with Crippen molar-refractivity contribution in [3.8, 4) is 0 Å². The van der Waals surface area contributed by atoms with Crippen molar-refractivity contribution in [3.63, 3.8) is 0 Å². The van der Waals surface area contributed by atoms with Crippen LogP contribution in [0.1, 0.15) is 28.3 Å². The molecule has 1 nitrogen and oxygen atoms in total. The molecule has 106 valence electrons. The van der Waals surface area contributed by atoms with Gasteiger partial charge in [0.1, 0.15) is 5.82 Å². The molecular weight excluding hydrogens is 317 g/mol. The maximum atomic E-state index is 13.5. The van der Waals surface area contributed by atoms with E-state index in [2.05, 4.69) is 53.3 Å². The first-order chi connectivity index (χ1) is 9.49. The molecule has 0 aliphatic heterocycles. The smallest absolute Gasteiger partial charge is 0.123 e. The van der Waals surface area contributed by atoms with E-state index in [4.69, 9.17) is 0 Å². The molecule has 0 bridgehead atoms. The summed E-state index contributed by atoms with van der Waals surface area (Å²) >= 11 is 3.51. The first-order valence-electron chi connectivity index (χ1n) is 6.69. The third-order valence-corrected chi connectivity index (χ3v) is 4.13. The van der Waals surface area contributed by atoms with Gasteiger partial charge in [0, 0.05) is 10.5 Å². The van der Waals surface area contributed by atoms with Gasteiger partial charge in [-0.15, -0.1) is 0 Å². The van der Waals surface area contributed by atoms with E-state index in [0.29, 0.717) is 0 Å². The normalized spacial score (nSPS) is 12.4. The zero-order valence-corrected chi connectivity index (χ0v) is 13.6. The van der Waals surface area contributed by atoms with Crippen molar-refractivity contribution in [2.45, 2.75) is 26.3 Å². The van der Waals surface area contributed by atoms with Crippen LogP contribution in [0.25, 0.3) is 0 Å². The van der Waals surface area contributed by atoms with Gasteiger partial charge in [0.2, 0.25) is 0 Å². The summed E-state index contributed by atoms with van der Waals surface area (Å²) in [6.45, 7) is 4.20. The molecule has 1 unspecified atom stereocenters. The Hall–Kier alpha value is -1.19. The van der Waals surface area contributed by atoms with Gasteiger partial charge in [0.25, 0.3) is 0 Å². The predicted octanol–water partition coefficient (Wildman–Crippen LogP) is 4.71. The standard InChI is InChI=1S/C17H19BrFN/c1-11-6-12(2)8-13(7-11)9-17(20-3)15-10-14(19)4-5-16(15)18/h4-8,10,17,20H,9H2,1-3H3. The number of hydrogen-bond donors (Lipinski definition) is 1. The van der Waals surface area contributed by atoms with E-state index in [1.807, 2.05) is 7.05 Å². The van der Waals surface area contributed by atoms with Gasteiger partial charge in [0.05, 0.1) is 0 Å². The van der Waals surface area contributed by atoms with Crippen LogP contribution in [-0.2, 0) is 6.42 Å². The van der Waals surface area contributed by atoms with Crippen LogP contribution >= 0.6 is 15.9 Å². The molecule has 0 heterocycles. The molecule has 1 N–H and O–H groups in total. The number of likely N-dealkylation sites (N-methyl/N-ethyl adjacent to an activating group) is 1. The number of rotatable bonds is 4. The Kier molecular flexibility index (Phi) is 4.95. The van der Waals surface area contributed by atoms with Crippen molar-refractivity contribution >= 4 is 15.9 Å². The van der Waals surface area contributed by atoms with Crippen LogP contribution in [0.15, 0.2) is 40.9 Å². The maximum Gasteiger partial charge on any atom is 0.123 e. The molecule has 2 rings (SSSR count). The maximum absolute atomic E-state index is 13.5. The Morgan fingerprint density at radius 3 is 2.35 bits per heavy atom. The van der Waals surface area contributed by atoms with Gasteiger partial charge in [-0.1, -0.05) is 45.3 Å². The van der Waals surface area contributed by atoms with E-state index in [1.165, 1.54) is 22.8 Å². The van der Waals surface area contributed by atoms with Crippen molar-refractivity contribution in [2.24, 2.45) is 0 Å². The molecule has 0 fully saturated rings. The lowest BCUT2D eigenvalue weighted by Gasteiger charge is -2.19. The molecule has 0 aliphatic carbocycles. The van der Waals surface area contributed by atoms with Crippen molar-refractivity contribution in [1.29, 1.82) is 0 Å². The SMILES string of the molecule is CNC(Cc1cc(C)cc(C)c1)c1cc(F)ccc1Br. The van der Waals surface area contributed by atoms with Crippen LogP contribution in [0.3, 0.4) is 0 Å². The minimum Gasteiger partial charge on any atom is -0.313 e. The molecule has 0 aliphatic rings. The second-order valence-electron chi connectivity index (χ2n) is 5.21. The fraction of sp³-hybridized carbons (Fsp3) is 0.294. The third-order valence-electron chi connectivity index (χ3n) is 3.40. The van der Waals surface area contributed by atoms with E-state index in [0.717, 1.165) is 16.5 Å². The number of hydrogen-bond acceptors (Lipinski definition) is 1. The van der Waals surface area contributed by atoms with Crippen LogP contribution in [0.2, 0.25) is 0 Å². The molecule has 0 spiro atoms. The minimum absolute atomic E-state index is 0.0845. The summed E-state index contributed by atoms with van der Waals surface area (Å²) in [4.78, 5) is 0. The van der Waals surface area contributed by atoms with E-state index in [9.17, 15) is 4.39 Å². The minimum atomic E-state index is -0.205. The van der Waals surface area contributed by atoms with Gasteiger partial charge in [-0.3, -0.25) is 0 Å². The van der Waals surface area contributed by atoms with E-state index in [1.54, 1.807) is 12.1 Å². The summed E-state index contributed by atoms with van der Waals surface area (Å²) in [7, 11) is 1.91. The van der Waals surface area contributed by atoms with Crippen molar-refractivity contribution in [1.82, 2.24) is 5.32 Å². The number of halogens is 2. The van der Waals surface area contributed by atoms with Crippen LogP contribution in [0.5, 0.6) is 0 Å². The molecule has 2 aromatic rings. The fourth-order valence-electron chi connectivity index (χ4n) is 2.57. The fourth-order valence-corrected chi connectivity index (χ4v) is 3.09. The summed E-state index contributed by atoms with van der Waals surface area (Å²) in [5.41, 5.74) is 4.73. The summed E-state index contributed by atoms with van der Waals surface area (Å²) in [6, 6.07) is 11.4. The highest BCUT2D eigenvalue weighted by molar-refractivity contribution is 9.10. The molecule has 1 atom stereocenters. The molecule has 0 saturated heterocycles. The Bertz CT molecular complexity index is 590. The zero-order valence-electron chi connectivity index (χ0n) is 12.0. The Morgan fingerprint density at radius 2 is 1.75 bits per heavy atom. The zero-order chi connectivity index (χ0) is 14.7. The summed E-state index contributed by atoms with van der Waals surface area (Å²) in [5, 5.41) is 3.28. The second-order valence-corrected chi connectivity index (χ2v) is 6.06. The Labute approximate surface area is 128 Å². The van der Waals surface area contributed by atoms with Crippen LogP contribution in [-0.4, -0.2) is 7.05 Å². The molecule has 20 heavy (non-hydrogen) atoms. The number of aryl methyl sites for hydroxylation is 2. The molecule has 0 amide bonds. The molecule has 0 aromatic heterocycles. The van der Waals surface area contributed by atoms with Crippen LogP contribution in [0.4, 0.5) is 4.39 Å². The van der Waals surface area contributed by atoms with Crippen LogP contribution < -0.4 is 5.32 Å². The van der Waals surface area contributed by atoms with Gasteiger partial charge >= 0.3 is 0 Å². The largest absolute Gasteiger partial charge is 0.313 e. The van der Waals surface area contributed by atoms with E-state index in [-0.39, 0.29) is 11.9 Å². The first-order valence-corrected chi connectivity index (χ1v) is 7.48. The molecular formula is C17H19BrFN. The third kappa shape index (κ3) is 3.68. The highest BCUT2D eigenvalue weighted by Crippen LogP contribution is 2.27. The predicted molar refractivity (Wildman–Crippen MR) is 85.5 cm³/mol. The van der Waals surface area contributed by atoms with Crippen molar-refractivity contribution < 1.29 is 4.39 Å². The van der Waals surface area contributed by atoms with Crippen molar-refractivity contribution in [2.75, 3.05) is 7.05 Å². The first kappa shape index (κ1) is 15.2. The molecule has 0 saturated carbocycles. The lowest BCUT2D eigenvalue weighted by molar-refractivity contribution is 0.574. The molecule has 0 radical (unpaired) electrons. The number of benzene rings is 2. The van der Waals surface area contributed by atoms with Gasteiger partial charge in [-0.05, 0) is 56.6 Å².